The third-order valence-electron chi connectivity index (χ3n) is 5.70. The summed E-state index contributed by atoms with van der Waals surface area (Å²) < 4.78 is 5.87. The third-order valence-corrected chi connectivity index (χ3v) is 5.70. The van der Waals surface area contributed by atoms with E-state index in [1.165, 1.54) is 0 Å². The van der Waals surface area contributed by atoms with Crippen LogP contribution < -0.4 is 10.1 Å². The van der Waals surface area contributed by atoms with Gasteiger partial charge in [-0.1, -0.05) is 60.7 Å². The molecule has 0 unspecified atom stereocenters. The molecule has 3 aromatic carbocycles. The van der Waals surface area contributed by atoms with Gasteiger partial charge < -0.3 is 15.0 Å². The molecule has 1 N–H and O–H groups in total. The normalized spacial score (nSPS) is 14.2. The first-order chi connectivity index (χ1) is 16.2. The number of nitrogens with zero attached hydrogens (tertiary/aromatic N) is 1. The fraction of sp³-hybridized carbons (Fsp3) is 0.214. The lowest BCUT2D eigenvalue weighted by Gasteiger charge is -2.31. The molecule has 1 saturated heterocycles. The number of amides is 2. The van der Waals surface area contributed by atoms with Crippen molar-refractivity contribution in [1.82, 2.24) is 10.2 Å². The molecule has 5 nitrogen and oxygen atoms in total. The first-order valence-electron chi connectivity index (χ1n) is 11.3. The van der Waals surface area contributed by atoms with E-state index in [2.05, 4.69) is 5.32 Å². The van der Waals surface area contributed by atoms with Gasteiger partial charge in [-0.2, -0.15) is 0 Å². The Balaban J connectivity index is 1.25. The Bertz CT molecular complexity index is 1090. The number of hydrogen-bond donors (Lipinski definition) is 1. The van der Waals surface area contributed by atoms with Gasteiger partial charge in [0.1, 0.15) is 12.4 Å². The second kappa shape index (κ2) is 11.1. The predicted octanol–water partition coefficient (Wildman–Crippen LogP) is 4.70. The summed E-state index contributed by atoms with van der Waals surface area (Å²) in [4.78, 5) is 26.8. The van der Waals surface area contributed by atoms with Crippen molar-refractivity contribution in [3.63, 3.8) is 0 Å². The molecule has 1 aliphatic rings. The van der Waals surface area contributed by atoms with Crippen molar-refractivity contribution >= 4 is 17.9 Å². The summed E-state index contributed by atoms with van der Waals surface area (Å²) in [5, 5.41) is 3.07. The monoisotopic (exact) mass is 440 g/mol. The Kier molecular flexibility index (Phi) is 7.54. The number of carbonyl (C=O) groups excluding carboxylic acids is 2. The largest absolute Gasteiger partial charge is 0.489 e. The van der Waals surface area contributed by atoms with E-state index in [1.54, 1.807) is 18.2 Å². The highest BCUT2D eigenvalue weighted by Gasteiger charge is 2.23. The van der Waals surface area contributed by atoms with Crippen molar-refractivity contribution in [2.24, 2.45) is 0 Å². The van der Waals surface area contributed by atoms with Crippen LogP contribution in [0.4, 0.5) is 0 Å². The lowest BCUT2D eigenvalue weighted by Crippen LogP contribution is -2.46. The number of ether oxygens (including phenoxy) is 1. The number of carbonyl (C=O) groups is 2. The van der Waals surface area contributed by atoms with Gasteiger partial charge in [-0.05, 0) is 54.3 Å². The molecule has 33 heavy (non-hydrogen) atoms. The SMILES string of the molecule is O=C(NC1CCN(C(=O)/C=C/c2cccc(OCc3ccccc3)c2)CC1)c1ccccc1. The number of likely N-dealkylation sites (tertiary alicyclic amines) is 1. The van der Waals surface area contributed by atoms with Crippen LogP contribution in [0.1, 0.15) is 34.3 Å². The molecule has 0 atom stereocenters. The van der Waals surface area contributed by atoms with Crippen LogP contribution in [-0.4, -0.2) is 35.8 Å². The lowest BCUT2D eigenvalue weighted by atomic mass is 10.0. The number of benzene rings is 3. The molecule has 1 heterocycles. The van der Waals surface area contributed by atoms with Crippen LogP contribution in [-0.2, 0) is 11.4 Å². The van der Waals surface area contributed by atoms with E-state index in [0.29, 0.717) is 25.3 Å². The quantitative estimate of drug-likeness (QED) is 0.542. The topological polar surface area (TPSA) is 58.6 Å². The third kappa shape index (κ3) is 6.56. The average molecular weight is 441 g/mol. The van der Waals surface area contributed by atoms with Gasteiger partial charge in [-0.15, -0.1) is 0 Å². The van der Waals surface area contributed by atoms with Crippen LogP contribution >= 0.6 is 0 Å². The lowest BCUT2D eigenvalue weighted by molar-refractivity contribution is -0.126. The highest BCUT2D eigenvalue weighted by Crippen LogP contribution is 2.17. The molecular formula is C28H28N2O3. The van der Waals surface area contributed by atoms with E-state index in [-0.39, 0.29) is 17.9 Å². The molecule has 0 aromatic heterocycles. The number of nitrogens with one attached hydrogen (secondary N) is 1. The fourth-order valence-electron chi connectivity index (χ4n) is 3.82. The molecule has 1 fully saturated rings. The second-order valence-corrected chi connectivity index (χ2v) is 8.12. The number of piperidine rings is 1. The Morgan fingerprint density at radius 2 is 1.61 bits per heavy atom. The Hall–Kier alpha value is -3.86. The fourth-order valence-corrected chi connectivity index (χ4v) is 3.82. The van der Waals surface area contributed by atoms with Gasteiger partial charge in [0.15, 0.2) is 0 Å². The second-order valence-electron chi connectivity index (χ2n) is 8.12. The highest BCUT2D eigenvalue weighted by atomic mass is 16.5. The highest BCUT2D eigenvalue weighted by molar-refractivity contribution is 5.94. The van der Waals surface area contributed by atoms with E-state index in [0.717, 1.165) is 29.7 Å². The van der Waals surface area contributed by atoms with Crippen LogP contribution in [0.15, 0.2) is 91.0 Å². The maximum Gasteiger partial charge on any atom is 0.251 e. The Morgan fingerprint density at radius 3 is 2.33 bits per heavy atom. The van der Waals surface area contributed by atoms with Gasteiger partial charge in [-0.25, -0.2) is 0 Å². The molecule has 4 rings (SSSR count). The van der Waals surface area contributed by atoms with Crippen LogP contribution in [0.3, 0.4) is 0 Å². The first-order valence-corrected chi connectivity index (χ1v) is 11.3. The molecule has 1 aliphatic heterocycles. The Morgan fingerprint density at radius 1 is 0.909 bits per heavy atom. The van der Waals surface area contributed by atoms with Crippen molar-refractivity contribution in [2.45, 2.75) is 25.5 Å². The molecule has 0 radical (unpaired) electrons. The van der Waals surface area contributed by atoms with Crippen molar-refractivity contribution in [3.05, 3.63) is 108 Å². The minimum Gasteiger partial charge on any atom is -0.489 e. The summed E-state index contributed by atoms with van der Waals surface area (Å²) in [7, 11) is 0. The summed E-state index contributed by atoms with van der Waals surface area (Å²) >= 11 is 0. The summed E-state index contributed by atoms with van der Waals surface area (Å²) in [6.45, 7) is 1.76. The van der Waals surface area contributed by atoms with Crippen molar-refractivity contribution in [1.29, 1.82) is 0 Å². The van der Waals surface area contributed by atoms with Gasteiger partial charge in [0.25, 0.3) is 5.91 Å². The van der Waals surface area contributed by atoms with Crippen LogP contribution in [0.5, 0.6) is 5.75 Å². The van der Waals surface area contributed by atoms with E-state index in [9.17, 15) is 9.59 Å². The summed E-state index contributed by atoms with van der Waals surface area (Å²) in [6, 6.07) is 27.0. The van der Waals surface area contributed by atoms with Gasteiger partial charge in [0.2, 0.25) is 5.91 Å². The number of hydrogen-bond acceptors (Lipinski definition) is 3. The standard InChI is InChI=1S/C28H28N2O3/c31-27(30-18-16-25(17-19-30)29-28(32)24-11-5-2-6-12-24)15-14-22-10-7-13-26(20-22)33-21-23-8-3-1-4-9-23/h1-15,20,25H,16-19,21H2,(H,29,32)/b15-14+. The van der Waals surface area contributed by atoms with E-state index in [4.69, 9.17) is 4.74 Å². The van der Waals surface area contributed by atoms with Gasteiger partial charge in [-0.3, -0.25) is 9.59 Å². The van der Waals surface area contributed by atoms with Gasteiger partial charge in [0, 0.05) is 30.8 Å². The van der Waals surface area contributed by atoms with Crippen molar-refractivity contribution < 1.29 is 14.3 Å². The molecule has 2 amide bonds. The van der Waals surface area contributed by atoms with E-state index >= 15 is 0 Å². The van der Waals surface area contributed by atoms with Crippen molar-refractivity contribution in [3.8, 4) is 5.75 Å². The molecule has 5 heteroatoms. The maximum atomic E-state index is 12.6. The van der Waals surface area contributed by atoms with E-state index in [1.807, 2.05) is 83.8 Å². The van der Waals surface area contributed by atoms with Crippen LogP contribution in [0.25, 0.3) is 6.08 Å². The van der Waals surface area contributed by atoms with Crippen LogP contribution in [0, 0.1) is 0 Å². The summed E-state index contributed by atoms with van der Waals surface area (Å²) in [5.41, 5.74) is 2.69. The maximum absolute atomic E-state index is 12.6. The average Bonchev–Trinajstić information content (AvgIpc) is 2.88. The smallest absolute Gasteiger partial charge is 0.251 e. The summed E-state index contributed by atoms with van der Waals surface area (Å²) in [6.07, 6.45) is 4.93. The molecule has 0 aliphatic carbocycles. The van der Waals surface area contributed by atoms with Gasteiger partial charge in [0.05, 0.1) is 0 Å². The molecule has 0 bridgehead atoms. The van der Waals surface area contributed by atoms with Gasteiger partial charge >= 0.3 is 0 Å². The molecule has 3 aromatic rings. The molecule has 0 spiro atoms. The number of rotatable bonds is 7. The van der Waals surface area contributed by atoms with Crippen molar-refractivity contribution in [2.75, 3.05) is 13.1 Å². The predicted molar refractivity (Wildman–Crippen MR) is 130 cm³/mol. The minimum absolute atomic E-state index is 0.0153. The minimum atomic E-state index is -0.0605. The molecule has 0 saturated carbocycles. The molecule has 168 valence electrons. The van der Waals surface area contributed by atoms with E-state index < -0.39 is 0 Å². The molecular weight excluding hydrogens is 412 g/mol. The zero-order chi connectivity index (χ0) is 22.9. The first kappa shape index (κ1) is 22.3. The van der Waals surface area contributed by atoms with Crippen LogP contribution in [0.2, 0.25) is 0 Å². The zero-order valence-electron chi connectivity index (χ0n) is 18.5. The summed E-state index contributed by atoms with van der Waals surface area (Å²) in [5.74, 6) is 0.691. The Labute approximate surface area is 194 Å². The zero-order valence-corrected chi connectivity index (χ0v) is 18.5.